The van der Waals surface area contributed by atoms with E-state index in [0.29, 0.717) is 4.34 Å². The van der Waals surface area contributed by atoms with E-state index in [0.717, 1.165) is 4.88 Å². The van der Waals surface area contributed by atoms with Gasteiger partial charge in [-0.05, 0) is 19.1 Å². The molecule has 1 aromatic rings. The smallest absolute Gasteiger partial charge is 0.236 e. The van der Waals surface area contributed by atoms with Gasteiger partial charge in [-0.2, -0.15) is 0 Å². The van der Waals surface area contributed by atoms with Crippen LogP contribution in [0.2, 0.25) is 4.34 Å². The molecule has 4 N–H and O–H groups in total. The van der Waals surface area contributed by atoms with Gasteiger partial charge in [0.25, 0.3) is 0 Å². The van der Waals surface area contributed by atoms with Crippen molar-refractivity contribution >= 4 is 28.8 Å². The summed E-state index contributed by atoms with van der Waals surface area (Å²) in [4.78, 5) is 11.8. The van der Waals surface area contributed by atoms with Crippen LogP contribution in [-0.2, 0) is 4.79 Å². The van der Waals surface area contributed by atoms with Crippen LogP contribution < -0.4 is 11.1 Å². The first-order valence-corrected chi connectivity index (χ1v) is 5.66. The summed E-state index contributed by atoms with van der Waals surface area (Å²) in [7, 11) is 0. The first-order valence-electron chi connectivity index (χ1n) is 4.47. The summed E-state index contributed by atoms with van der Waals surface area (Å²) in [6.45, 7) is 1.74. The van der Waals surface area contributed by atoms with Gasteiger partial charge in [0.05, 0.1) is 10.4 Å². The molecule has 4 nitrogen and oxygen atoms in total. The fraction of sp³-hybridized carbons (Fsp3) is 0.444. The Hall–Kier alpha value is -0.620. The Morgan fingerprint density at radius 2 is 2.40 bits per heavy atom. The molecular weight excluding hydrogens is 236 g/mol. The molecule has 0 saturated heterocycles. The summed E-state index contributed by atoms with van der Waals surface area (Å²) in [5, 5.41) is 12.2. The van der Waals surface area contributed by atoms with Crippen LogP contribution >= 0.6 is 22.9 Å². The van der Waals surface area contributed by atoms with Crippen molar-refractivity contribution in [1.82, 2.24) is 5.32 Å². The van der Waals surface area contributed by atoms with Gasteiger partial charge in [0.2, 0.25) is 5.91 Å². The SMILES string of the molecule is C[C@@H](N)C(=O)NCC(O)c1ccc(Cl)s1. The number of amides is 1. The van der Waals surface area contributed by atoms with Gasteiger partial charge in [0, 0.05) is 11.4 Å². The van der Waals surface area contributed by atoms with Gasteiger partial charge in [-0.25, -0.2) is 0 Å². The zero-order valence-corrected chi connectivity index (χ0v) is 9.81. The van der Waals surface area contributed by atoms with Crippen molar-refractivity contribution in [2.24, 2.45) is 5.73 Å². The number of hydrogen-bond acceptors (Lipinski definition) is 4. The highest BCUT2D eigenvalue weighted by molar-refractivity contribution is 7.16. The quantitative estimate of drug-likeness (QED) is 0.741. The molecule has 84 valence electrons. The number of carbonyl (C=O) groups is 1. The van der Waals surface area contributed by atoms with Gasteiger partial charge in [-0.1, -0.05) is 11.6 Å². The van der Waals surface area contributed by atoms with E-state index in [1.54, 1.807) is 19.1 Å². The van der Waals surface area contributed by atoms with E-state index >= 15 is 0 Å². The summed E-state index contributed by atoms with van der Waals surface area (Å²) in [5.74, 6) is -0.281. The van der Waals surface area contributed by atoms with Crippen molar-refractivity contribution < 1.29 is 9.90 Å². The average molecular weight is 249 g/mol. The zero-order chi connectivity index (χ0) is 11.4. The van der Waals surface area contributed by atoms with Gasteiger partial charge in [0.15, 0.2) is 0 Å². The van der Waals surface area contributed by atoms with Crippen molar-refractivity contribution in [1.29, 1.82) is 0 Å². The molecule has 1 rings (SSSR count). The molecule has 1 unspecified atom stereocenters. The lowest BCUT2D eigenvalue weighted by Gasteiger charge is -2.11. The lowest BCUT2D eigenvalue weighted by molar-refractivity contribution is -0.122. The fourth-order valence-corrected chi connectivity index (χ4v) is 2.01. The normalized spacial score (nSPS) is 14.7. The molecule has 1 heterocycles. The van der Waals surface area contributed by atoms with E-state index in [2.05, 4.69) is 5.32 Å². The highest BCUT2D eigenvalue weighted by Gasteiger charge is 2.13. The fourth-order valence-electron chi connectivity index (χ4n) is 0.966. The number of halogens is 1. The van der Waals surface area contributed by atoms with Crippen LogP contribution in [0.25, 0.3) is 0 Å². The van der Waals surface area contributed by atoms with Gasteiger partial charge in [0.1, 0.15) is 6.10 Å². The van der Waals surface area contributed by atoms with Crippen LogP contribution in [-0.4, -0.2) is 23.6 Å². The Balaban J connectivity index is 2.43. The van der Waals surface area contributed by atoms with Crippen LogP contribution in [0.1, 0.15) is 17.9 Å². The Morgan fingerprint density at radius 1 is 1.73 bits per heavy atom. The Kier molecular flexibility index (Phi) is 4.53. The number of aliphatic hydroxyl groups excluding tert-OH is 1. The number of rotatable bonds is 4. The molecule has 2 atom stereocenters. The lowest BCUT2D eigenvalue weighted by atomic mass is 10.2. The van der Waals surface area contributed by atoms with E-state index in [9.17, 15) is 9.90 Å². The van der Waals surface area contributed by atoms with Crippen molar-refractivity contribution in [3.8, 4) is 0 Å². The molecule has 0 aliphatic heterocycles. The summed E-state index contributed by atoms with van der Waals surface area (Å²) in [6.07, 6.45) is -0.731. The predicted octanol–water partition coefficient (Wildman–Crippen LogP) is 0.898. The second-order valence-electron chi connectivity index (χ2n) is 3.19. The number of hydrogen-bond donors (Lipinski definition) is 3. The summed E-state index contributed by atoms with van der Waals surface area (Å²) in [6, 6.07) is 2.87. The second kappa shape index (κ2) is 5.46. The Labute approximate surface area is 97.0 Å². The highest BCUT2D eigenvalue weighted by atomic mass is 35.5. The third kappa shape index (κ3) is 3.79. The molecule has 6 heteroatoms. The van der Waals surface area contributed by atoms with Gasteiger partial charge >= 0.3 is 0 Å². The third-order valence-corrected chi connectivity index (χ3v) is 3.14. The largest absolute Gasteiger partial charge is 0.386 e. The first kappa shape index (κ1) is 12.4. The molecule has 0 bridgehead atoms. The number of nitrogens with one attached hydrogen (secondary N) is 1. The maximum absolute atomic E-state index is 11.1. The standard InChI is InChI=1S/C9H13ClN2O2S/c1-5(11)9(14)12-4-6(13)7-2-3-8(10)15-7/h2-3,5-6,13H,4,11H2,1H3,(H,12,14)/t5-,6?/m1/s1. The van der Waals surface area contributed by atoms with Crippen LogP contribution in [0.3, 0.4) is 0 Å². The van der Waals surface area contributed by atoms with Gasteiger partial charge in [-0.3, -0.25) is 4.79 Å². The molecule has 0 radical (unpaired) electrons. The molecule has 15 heavy (non-hydrogen) atoms. The molecular formula is C9H13ClN2O2S. The zero-order valence-electron chi connectivity index (χ0n) is 8.24. The van der Waals surface area contributed by atoms with Crippen LogP contribution in [0.15, 0.2) is 12.1 Å². The van der Waals surface area contributed by atoms with Gasteiger partial charge in [-0.15, -0.1) is 11.3 Å². The monoisotopic (exact) mass is 248 g/mol. The van der Waals surface area contributed by atoms with E-state index in [1.807, 2.05) is 0 Å². The van der Waals surface area contributed by atoms with Crippen LogP contribution in [0, 0.1) is 0 Å². The summed E-state index contributed by atoms with van der Waals surface area (Å²) >= 11 is 7.01. The van der Waals surface area contributed by atoms with Crippen LogP contribution in [0.4, 0.5) is 0 Å². The summed E-state index contributed by atoms with van der Waals surface area (Å²) in [5.41, 5.74) is 5.35. The second-order valence-corrected chi connectivity index (χ2v) is 4.94. The third-order valence-electron chi connectivity index (χ3n) is 1.81. The molecule has 0 aliphatic carbocycles. The molecule has 0 aliphatic rings. The van der Waals surface area contributed by atoms with E-state index in [1.165, 1.54) is 11.3 Å². The maximum Gasteiger partial charge on any atom is 0.236 e. The highest BCUT2D eigenvalue weighted by Crippen LogP contribution is 2.26. The minimum atomic E-state index is -0.731. The number of thiophene rings is 1. The molecule has 0 saturated carbocycles. The maximum atomic E-state index is 11.1. The van der Waals surface area contributed by atoms with Crippen molar-refractivity contribution in [3.63, 3.8) is 0 Å². The van der Waals surface area contributed by atoms with Crippen molar-refractivity contribution in [2.75, 3.05) is 6.54 Å². The van der Waals surface area contributed by atoms with Crippen LogP contribution in [0.5, 0.6) is 0 Å². The molecule has 1 aromatic heterocycles. The van der Waals surface area contributed by atoms with Crippen molar-refractivity contribution in [3.05, 3.63) is 21.3 Å². The lowest BCUT2D eigenvalue weighted by Crippen LogP contribution is -2.40. The number of aliphatic hydroxyl groups is 1. The van der Waals surface area contributed by atoms with E-state index < -0.39 is 12.1 Å². The molecule has 0 spiro atoms. The molecule has 1 amide bonds. The number of carbonyl (C=O) groups excluding carboxylic acids is 1. The first-order chi connectivity index (χ1) is 7.00. The average Bonchev–Trinajstić information content (AvgIpc) is 2.60. The number of nitrogens with two attached hydrogens (primary N) is 1. The van der Waals surface area contributed by atoms with Crippen molar-refractivity contribution in [2.45, 2.75) is 19.1 Å². The molecule has 0 fully saturated rings. The molecule has 0 aromatic carbocycles. The van der Waals surface area contributed by atoms with E-state index in [4.69, 9.17) is 17.3 Å². The Bertz CT molecular complexity index is 341. The minimum Gasteiger partial charge on any atom is -0.386 e. The van der Waals surface area contributed by atoms with E-state index in [-0.39, 0.29) is 12.5 Å². The Morgan fingerprint density at radius 3 is 2.87 bits per heavy atom. The summed E-state index contributed by atoms with van der Waals surface area (Å²) < 4.78 is 0.613. The predicted molar refractivity (Wildman–Crippen MR) is 60.9 cm³/mol. The van der Waals surface area contributed by atoms with Gasteiger partial charge < -0.3 is 16.2 Å². The topological polar surface area (TPSA) is 75.4 Å². The minimum absolute atomic E-state index is 0.150.